The van der Waals surface area contributed by atoms with Crippen LogP contribution in [0.25, 0.3) is 0 Å². The first kappa shape index (κ1) is 16.8. The van der Waals surface area contributed by atoms with Gasteiger partial charge < -0.3 is 14.2 Å². The zero-order valence-corrected chi connectivity index (χ0v) is 14.0. The lowest BCUT2D eigenvalue weighted by atomic mass is 10.2. The molecule has 0 aliphatic rings. The highest BCUT2D eigenvalue weighted by molar-refractivity contribution is 7.10. The molecule has 0 aliphatic carbocycles. The lowest BCUT2D eigenvalue weighted by molar-refractivity contribution is -0.120. The molecule has 1 N–H and O–H groups in total. The number of benzene rings is 1. The normalized spacial score (nSPS) is 10.6. The fourth-order valence-electron chi connectivity index (χ4n) is 1.94. The molecule has 1 heterocycles. The number of nitrogens with zero attached hydrogens (tertiary/aromatic N) is 1. The summed E-state index contributed by atoms with van der Waals surface area (Å²) in [6, 6.07) is 7.25. The van der Waals surface area contributed by atoms with Gasteiger partial charge in [-0.25, -0.2) is 5.43 Å². The van der Waals surface area contributed by atoms with Gasteiger partial charge in [-0.2, -0.15) is 5.10 Å². The lowest BCUT2D eigenvalue weighted by Crippen LogP contribution is -2.19. The highest BCUT2D eigenvalue weighted by Gasteiger charge is 2.11. The number of hydrogen-bond donors (Lipinski definition) is 1. The number of nitrogens with one attached hydrogen (secondary N) is 1. The summed E-state index contributed by atoms with van der Waals surface area (Å²) >= 11 is 1.53. The molecule has 0 aliphatic heterocycles. The van der Waals surface area contributed by atoms with E-state index in [2.05, 4.69) is 10.5 Å². The molecule has 2 aromatic rings. The number of hydrazone groups is 1. The molecule has 0 saturated heterocycles. The van der Waals surface area contributed by atoms with Crippen LogP contribution in [0.15, 0.2) is 34.7 Å². The van der Waals surface area contributed by atoms with Gasteiger partial charge >= 0.3 is 0 Å². The number of carbonyl (C=O) groups excluding carboxylic acids is 1. The second kappa shape index (κ2) is 8.19. The van der Waals surface area contributed by atoms with Crippen LogP contribution in [-0.4, -0.2) is 33.5 Å². The van der Waals surface area contributed by atoms with Crippen molar-refractivity contribution < 1.29 is 19.0 Å². The van der Waals surface area contributed by atoms with Crippen LogP contribution in [0.1, 0.15) is 10.4 Å². The number of hydrogen-bond acceptors (Lipinski definition) is 6. The van der Waals surface area contributed by atoms with Gasteiger partial charge in [0.1, 0.15) is 17.2 Å². The van der Waals surface area contributed by atoms with Gasteiger partial charge in [-0.3, -0.25) is 4.79 Å². The Kier molecular flexibility index (Phi) is 5.99. The zero-order chi connectivity index (χ0) is 16.7. The molecule has 0 saturated carbocycles. The second-order valence-corrected chi connectivity index (χ2v) is 5.53. The molecule has 23 heavy (non-hydrogen) atoms. The summed E-state index contributed by atoms with van der Waals surface area (Å²) in [7, 11) is 4.65. The van der Waals surface area contributed by atoms with Crippen molar-refractivity contribution in [3.05, 3.63) is 40.1 Å². The first-order valence-corrected chi connectivity index (χ1v) is 7.70. The molecule has 0 atom stereocenters. The van der Waals surface area contributed by atoms with Gasteiger partial charge in [-0.1, -0.05) is 6.07 Å². The topological polar surface area (TPSA) is 69.2 Å². The van der Waals surface area contributed by atoms with E-state index >= 15 is 0 Å². The average molecular weight is 334 g/mol. The predicted molar refractivity (Wildman–Crippen MR) is 89.9 cm³/mol. The highest BCUT2D eigenvalue weighted by Crippen LogP contribution is 2.32. The maximum absolute atomic E-state index is 11.8. The molecule has 0 radical (unpaired) electrons. The van der Waals surface area contributed by atoms with E-state index in [1.807, 2.05) is 17.5 Å². The Balaban J connectivity index is 2.10. The highest BCUT2D eigenvalue weighted by atomic mass is 32.1. The zero-order valence-electron chi connectivity index (χ0n) is 13.2. The van der Waals surface area contributed by atoms with Crippen molar-refractivity contribution in [1.29, 1.82) is 0 Å². The van der Waals surface area contributed by atoms with Gasteiger partial charge in [-0.05, 0) is 11.4 Å². The summed E-state index contributed by atoms with van der Waals surface area (Å²) in [5.41, 5.74) is 3.11. The summed E-state index contributed by atoms with van der Waals surface area (Å²) in [4.78, 5) is 12.8. The lowest BCUT2D eigenvalue weighted by Gasteiger charge is -2.12. The standard InChI is InChI=1S/C16H18N2O4S/c1-20-11-7-14(21-2)13(15(8-11)22-3)10-17-18-16(19)9-12-5-4-6-23-12/h4-8,10H,9H2,1-3H3,(H,18,19). The van der Waals surface area contributed by atoms with Gasteiger partial charge in [0.25, 0.3) is 0 Å². The Labute approximate surface area is 138 Å². The Morgan fingerprint density at radius 2 is 1.91 bits per heavy atom. The van der Waals surface area contributed by atoms with Crippen molar-refractivity contribution >= 4 is 23.5 Å². The summed E-state index contributed by atoms with van der Waals surface area (Å²) in [5, 5.41) is 5.90. The first-order chi connectivity index (χ1) is 11.2. The van der Waals surface area contributed by atoms with Crippen LogP contribution in [-0.2, 0) is 11.2 Å². The van der Waals surface area contributed by atoms with E-state index in [1.165, 1.54) is 17.6 Å². The summed E-state index contributed by atoms with van der Waals surface area (Å²) in [5.74, 6) is 1.50. The largest absolute Gasteiger partial charge is 0.496 e. The van der Waals surface area contributed by atoms with Gasteiger partial charge in [0, 0.05) is 17.0 Å². The number of carbonyl (C=O) groups is 1. The third-order valence-corrected chi connectivity index (χ3v) is 3.93. The average Bonchev–Trinajstić information content (AvgIpc) is 3.07. The van der Waals surface area contributed by atoms with Crippen LogP contribution in [0.2, 0.25) is 0 Å². The van der Waals surface area contributed by atoms with Gasteiger partial charge in [0.15, 0.2) is 0 Å². The van der Waals surface area contributed by atoms with Crippen LogP contribution in [0, 0.1) is 0 Å². The molecule has 2 rings (SSSR count). The quantitative estimate of drug-likeness (QED) is 0.624. The van der Waals surface area contributed by atoms with Gasteiger partial charge in [0.05, 0.1) is 39.5 Å². The number of rotatable bonds is 7. The predicted octanol–water partition coefficient (Wildman–Crippen LogP) is 2.47. The maximum Gasteiger partial charge on any atom is 0.245 e. The first-order valence-electron chi connectivity index (χ1n) is 6.82. The second-order valence-electron chi connectivity index (χ2n) is 4.49. The SMILES string of the molecule is COc1cc(OC)c(C=NNC(=O)Cc2cccs2)c(OC)c1. The van der Waals surface area contributed by atoms with Crippen LogP contribution in [0.5, 0.6) is 17.2 Å². The Morgan fingerprint density at radius 3 is 2.43 bits per heavy atom. The van der Waals surface area contributed by atoms with E-state index in [0.29, 0.717) is 29.2 Å². The van der Waals surface area contributed by atoms with Gasteiger partial charge in [-0.15, -0.1) is 11.3 Å². The van der Waals surface area contributed by atoms with E-state index in [1.54, 1.807) is 33.5 Å². The fraction of sp³-hybridized carbons (Fsp3) is 0.250. The smallest absolute Gasteiger partial charge is 0.245 e. The molecule has 0 spiro atoms. The van der Waals surface area contributed by atoms with Crippen molar-refractivity contribution in [2.45, 2.75) is 6.42 Å². The van der Waals surface area contributed by atoms with Crippen LogP contribution >= 0.6 is 11.3 Å². The number of thiophene rings is 1. The molecule has 1 aromatic carbocycles. The van der Waals surface area contributed by atoms with Crippen molar-refractivity contribution in [1.82, 2.24) is 5.43 Å². The minimum absolute atomic E-state index is 0.185. The van der Waals surface area contributed by atoms with Crippen molar-refractivity contribution in [3.63, 3.8) is 0 Å². The van der Waals surface area contributed by atoms with Crippen LogP contribution in [0.4, 0.5) is 0 Å². The maximum atomic E-state index is 11.8. The number of ether oxygens (including phenoxy) is 3. The summed E-state index contributed by atoms with van der Waals surface area (Å²) in [6.07, 6.45) is 1.79. The van der Waals surface area contributed by atoms with E-state index in [0.717, 1.165) is 4.88 Å². The molecule has 0 bridgehead atoms. The Morgan fingerprint density at radius 1 is 1.22 bits per heavy atom. The molecule has 1 aromatic heterocycles. The minimum atomic E-state index is -0.185. The molecular weight excluding hydrogens is 316 g/mol. The molecule has 7 heteroatoms. The van der Waals surface area contributed by atoms with E-state index in [9.17, 15) is 4.79 Å². The van der Waals surface area contributed by atoms with E-state index < -0.39 is 0 Å². The molecule has 6 nitrogen and oxygen atoms in total. The van der Waals surface area contributed by atoms with Crippen molar-refractivity contribution in [2.24, 2.45) is 5.10 Å². The number of methoxy groups -OCH3 is 3. The molecule has 122 valence electrons. The van der Waals surface area contributed by atoms with E-state index in [-0.39, 0.29) is 5.91 Å². The monoisotopic (exact) mass is 334 g/mol. The molecule has 0 unspecified atom stereocenters. The molecule has 1 amide bonds. The minimum Gasteiger partial charge on any atom is -0.496 e. The summed E-state index contributed by atoms with van der Waals surface area (Å²) in [6.45, 7) is 0. The van der Waals surface area contributed by atoms with Gasteiger partial charge in [0.2, 0.25) is 5.91 Å². The Hall–Kier alpha value is -2.54. The third-order valence-electron chi connectivity index (χ3n) is 3.05. The van der Waals surface area contributed by atoms with Crippen LogP contribution < -0.4 is 19.6 Å². The molecule has 0 fully saturated rings. The third kappa shape index (κ3) is 4.46. The van der Waals surface area contributed by atoms with Crippen molar-refractivity contribution in [2.75, 3.05) is 21.3 Å². The van der Waals surface area contributed by atoms with Crippen LogP contribution in [0.3, 0.4) is 0 Å². The Bertz CT molecular complexity index is 658. The fourth-order valence-corrected chi connectivity index (χ4v) is 2.64. The molecular formula is C16H18N2O4S. The van der Waals surface area contributed by atoms with Crippen molar-refractivity contribution in [3.8, 4) is 17.2 Å². The van der Waals surface area contributed by atoms with E-state index in [4.69, 9.17) is 14.2 Å². The number of amides is 1. The summed E-state index contributed by atoms with van der Waals surface area (Å²) < 4.78 is 15.8.